The lowest BCUT2D eigenvalue weighted by Gasteiger charge is -2.29. The Hall–Kier alpha value is -1.47. The second-order valence-electron chi connectivity index (χ2n) is 4.42. The Bertz CT molecular complexity index is 619. The quantitative estimate of drug-likeness (QED) is 0.858. The minimum Gasteiger partial charge on any atom is -0.495 e. The minimum absolute atomic E-state index is 0.274. The normalized spacial score (nSPS) is 12.6. The van der Waals surface area contributed by atoms with Crippen LogP contribution >= 0.6 is 11.6 Å². The molecule has 0 saturated carbocycles. The van der Waals surface area contributed by atoms with Gasteiger partial charge in [0.2, 0.25) is 15.9 Å². The Kier molecular flexibility index (Phi) is 5.86. The number of ether oxygens (including phenoxy) is 1. The fourth-order valence-corrected chi connectivity index (χ4v) is 3.47. The van der Waals surface area contributed by atoms with Crippen LogP contribution in [0.5, 0.6) is 5.75 Å². The fraction of sp³-hybridized carbons (Fsp3) is 0.462. The number of likely N-dealkylation sites (N-methyl/N-ethyl adjacent to an activating group) is 1. The molecule has 0 aliphatic rings. The zero-order chi connectivity index (χ0) is 16.2. The summed E-state index contributed by atoms with van der Waals surface area (Å²) in [6, 6.07) is 3.74. The third-order valence-electron chi connectivity index (χ3n) is 2.97. The van der Waals surface area contributed by atoms with Crippen LogP contribution in [0.1, 0.15) is 13.3 Å². The van der Waals surface area contributed by atoms with Crippen molar-refractivity contribution >= 4 is 33.2 Å². The van der Waals surface area contributed by atoms with Gasteiger partial charge in [-0.15, -0.1) is 0 Å². The van der Waals surface area contributed by atoms with Crippen molar-refractivity contribution in [1.82, 2.24) is 5.32 Å². The van der Waals surface area contributed by atoms with Gasteiger partial charge in [0.15, 0.2) is 0 Å². The molecule has 0 fully saturated rings. The van der Waals surface area contributed by atoms with E-state index in [2.05, 4.69) is 5.32 Å². The molecule has 1 unspecified atom stereocenters. The van der Waals surface area contributed by atoms with Crippen LogP contribution in [0.15, 0.2) is 18.2 Å². The Labute approximate surface area is 130 Å². The highest BCUT2D eigenvalue weighted by atomic mass is 35.5. The first-order chi connectivity index (χ1) is 9.76. The van der Waals surface area contributed by atoms with E-state index in [1.54, 1.807) is 19.1 Å². The highest BCUT2D eigenvalue weighted by Gasteiger charge is 2.31. The highest BCUT2D eigenvalue weighted by Crippen LogP contribution is 2.31. The Morgan fingerprint density at radius 3 is 2.48 bits per heavy atom. The lowest BCUT2D eigenvalue weighted by molar-refractivity contribution is -0.121. The van der Waals surface area contributed by atoms with Crippen LogP contribution in [-0.2, 0) is 14.8 Å². The number of carbonyl (C=O) groups excluding carboxylic acids is 1. The lowest BCUT2D eigenvalue weighted by atomic mass is 10.2. The van der Waals surface area contributed by atoms with Crippen LogP contribution in [0, 0.1) is 0 Å². The summed E-state index contributed by atoms with van der Waals surface area (Å²) in [5.74, 6) is 0.0525. The molecule has 0 bridgehead atoms. The van der Waals surface area contributed by atoms with Crippen LogP contribution in [0.4, 0.5) is 5.69 Å². The van der Waals surface area contributed by atoms with Gasteiger partial charge in [-0.3, -0.25) is 9.10 Å². The topological polar surface area (TPSA) is 75.7 Å². The molecule has 1 rings (SSSR count). The van der Waals surface area contributed by atoms with Crippen molar-refractivity contribution < 1.29 is 17.9 Å². The molecule has 0 aliphatic carbocycles. The molecule has 1 aromatic rings. The number of nitrogens with zero attached hydrogens (tertiary/aromatic N) is 1. The van der Waals surface area contributed by atoms with Crippen molar-refractivity contribution in [2.45, 2.75) is 19.4 Å². The van der Waals surface area contributed by atoms with E-state index in [1.165, 1.54) is 20.2 Å². The largest absolute Gasteiger partial charge is 0.495 e. The van der Waals surface area contributed by atoms with Gasteiger partial charge < -0.3 is 10.1 Å². The maximum Gasteiger partial charge on any atom is 0.243 e. The number of benzene rings is 1. The first kappa shape index (κ1) is 17.6. The van der Waals surface area contributed by atoms with E-state index in [0.29, 0.717) is 17.9 Å². The summed E-state index contributed by atoms with van der Waals surface area (Å²) in [7, 11) is -0.716. The Balaban J connectivity index is 3.39. The highest BCUT2D eigenvalue weighted by molar-refractivity contribution is 7.92. The number of rotatable bonds is 6. The summed E-state index contributed by atoms with van der Waals surface area (Å²) >= 11 is 6.04. The van der Waals surface area contributed by atoms with Gasteiger partial charge in [-0.25, -0.2) is 8.42 Å². The van der Waals surface area contributed by atoms with Crippen molar-refractivity contribution in [3.63, 3.8) is 0 Å². The number of hydrogen-bond donors (Lipinski definition) is 1. The van der Waals surface area contributed by atoms with E-state index < -0.39 is 16.1 Å². The smallest absolute Gasteiger partial charge is 0.243 e. The summed E-state index contributed by atoms with van der Waals surface area (Å²) < 4.78 is 30.3. The van der Waals surface area contributed by atoms with Crippen molar-refractivity contribution in [3.05, 3.63) is 23.2 Å². The second kappa shape index (κ2) is 7.00. The van der Waals surface area contributed by atoms with Crippen LogP contribution in [0.2, 0.25) is 5.02 Å². The number of halogens is 1. The number of amides is 1. The molecule has 1 amide bonds. The van der Waals surface area contributed by atoms with Crippen molar-refractivity contribution in [1.29, 1.82) is 0 Å². The van der Waals surface area contributed by atoms with Gasteiger partial charge in [0.05, 0.1) is 24.1 Å². The van der Waals surface area contributed by atoms with Gasteiger partial charge in [0.1, 0.15) is 11.8 Å². The van der Waals surface area contributed by atoms with Crippen molar-refractivity contribution in [2.24, 2.45) is 0 Å². The van der Waals surface area contributed by atoms with E-state index in [0.717, 1.165) is 10.6 Å². The molecule has 0 saturated heterocycles. The molecule has 1 aromatic carbocycles. The van der Waals surface area contributed by atoms with E-state index >= 15 is 0 Å². The third-order valence-corrected chi connectivity index (χ3v) is 4.44. The van der Waals surface area contributed by atoms with Crippen LogP contribution in [0.25, 0.3) is 0 Å². The van der Waals surface area contributed by atoms with Crippen LogP contribution in [0.3, 0.4) is 0 Å². The molecule has 0 aromatic heterocycles. The molecular weight excluding hydrogens is 316 g/mol. The van der Waals surface area contributed by atoms with Gasteiger partial charge in [-0.1, -0.05) is 18.5 Å². The predicted octanol–water partition coefficient (Wildman–Crippen LogP) is 1.64. The van der Waals surface area contributed by atoms with E-state index in [9.17, 15) is 13.2 Å². The van der Waals surface area contributed by atoms with E-state index in [4.69, 9.17) is 16.3 Å². The molecule has 6 nitrogen and oxygen atoms in total. The Morgan fingerprint density at radius 1 is 1.48 bits per heavy atom. The molecule has 0 aliphatic heterocycles. The Morgan fingerprint density at radius 2 is 2.10 bits per heavy atom. The number of sulfonamides is 1. The zero-order valence-electron chi connectivity index (χ0n) is 12.4. The maximum atomic E-state index is 12.1. The fourth-order valence-electron chi connectivity index (χ4n) is 2.02. The molecule has 21 heavy (non-hydrogen) atoms. The molecular formula is C13H19ClN2O4S. The van der Waals surface area contributed by atoms with Crippen molar-refractivity contribution in [2.75, 3.05) is 24.7 Å². The second-order valence-corrected chi connectivity index (χ2v) is 6.68. The summed E-state index contributed by atoms with van der Waals surface area (Å²) in [6.45, 7) is 1.74. The summed E-state index contributed by atoms with van der Waals surface area (Å²) in [4.78, 5) is 11.9. The van der Waals surface area contributed by atoms with Gasteiger partial charge >= 0.3 is 0 Å². The monoisotopic (exact) mass is 334 g/mol. The minimum atomic E-state index is -3.65. The summed E-state index contributed by atoms with van der Waals surface area (Å²) in [5, 5.41) is 2.75. The van der Waals surface area contributed by atoms with Gasteiger partial charge in [-0.2, -0.15) is 0 Å². The van der Waals surface area contributed by atoms with Gasteiger partial charge in [0.25, 0.3) is 0 Å². The summed E-state index contributed by atoms with van der Waals surface area (Å²) in [5.41, 5.74) is 0.318. The molecule has 1 atom stereocenters. The molecule has 118 valence electrons. The molecule has 8 heteroatoms. The average Bonchev–Trinajstić information content (AvgIpc) is 2.42. The van der Waals surface area contributed by atoms with Gasteiger partial charge in [-0.05, 0) is 24.6 Å². The zero-order valence-corrected chi connectivity index (χ0v) is 14.0. The first-order valence-electron chi connectivity index (χ1n) is 6.30. The predicted molar refractivity (Wildman–Crippen MR) is 83.5 cm³/mol. The molecule has 0 radical (unpaired) electrons. The van der Waals surface area contributed by atoms with E-state index in [-0.39, 0.29) is 10.9 Å². The standard InChI is InChI=1S/C13H19ClN2O4S/c1-5-11(13(17)15-2)16(21(4,18)19)9-6-7-12(20-3)10(14)8-9/h6-8,11H,5H2,1-4H3,(H,15,17). The SMILES string of the molecule is CCC(C(=O)NC)N(c1ccc(OC)c(Cl)c1)S(C)(=O)=O. The lowest BCUT2D eigenvalue weighted by Crippen LogP contribution is -2.48. The number of carbonyl (C=O) groups is 1. The molecule has 0 spiro atoms. The maximum absolute atomic E-state index is 12.1. The van der Waals surface area contributed by atoms with Crippen molar-refractivity contribution in [3.8, 4) is 5.75 Å². The average molecular weight is 335 g/mol. The van der Waals surface area contributed by atoms with Gasteiger partial charge in [0, 0.05) is 7.05 Å². The number of hydrogen-bond acceptors (Lipinski definition) is 4. The number of nitrogens with one attached hydrogen (secondary N) is 1. The number of methoxy groups -OCH3 is 1. The first-order valence-corrected chi connectivity index (χ1v) is 8.53. The number of anilines is 1. The molecule has 1 N–H and O–H groups in total. The van der Waals surface area contributed by atoms with Crippen LogP contribution < -0.4 is 14.4 Å². The third kappa shape index (κ3) is 4.01. The van der Waals surface area contributed by atoms with Crippen LogP contribution in [-0.4, -0.2) is 40.8 Å². The molecule has 0 heterocycles. The van der Waals surface area contributed by atoms with E-state index in [1.807, 2.05) is 0 Å². The summed E-state index contributed by atoms with van der Waals surface area (Å²) in [6.07, 6.45) is 1.38.